The van der Waals surface area contributed by atoms with Crippen LogP contribution >= 0.6 is 11.8 Å². The minimum atomic E-state index is -1.64. The molecule has 0 bridgehead atoms. The van der Waals surface area contributed by atoms with Crippen molar-refractivity contribution in [1.82, 2.24) is 30.0 Å². The standard InChI is InChI=1S/C20H16F3N7O2S/c1-32-13-4-2-12(3-5-13)10-29-16(8-9-24-29)25-17(31)11-33-20-26-27-28-30(20)15-7-6-14(21)18(22)19(15)23/h2-9H,10-11H2,1H3,(H,25,31). The molecule has 33 heavy (non-hydrogen) atoms. The number of benzene rings is 2. The number of nitrogens with one attached hydrogen (secondary N) is 1. The second-order valence-corrected chi connectivity index (χ2v) is 7.57. The molecule has 4 rings (SSSR count). The number of rotatable bonds is 8. The molecule has 2 aromatic heterocycles. The van der Waals surface area contributed by atoms with Crippen LogP contribution in [0.3, 0.4) is 0 Å². The fraction of sp³-hybridized carbons (Fsp3) is 0.150. The predicted molar refractivity (Wildman–Crippen MR) is 113 cm³/mol. The van der Waals surface area contributed by atoms with Crippen molar-refractivity contribution in [2.45, 2.75) is 11.7 Å². The van der Waals surface area contributed by atoms with Gasteiger partial charge in [-0.2, -0.15) is 9.78 Å². The van der Waals surface area contributed by atoms with Crippen molar-refractivity contribution in [1.29, 1.82) is 0 Å². The lowest BCUT2D eigenvalue weighted by atomic mass is 10.2. The van der Waals surface area contributed by atoms with E-state index in [0.29, 0.717) is 12.4 Å². The van der Waals surface area contributed by atoms with Gasteiger partial charge in [-0.15, -0.1) is 5.10 Å². The number of thioether (sulfide) groups is 1. The topological polar surface area (TPSA) is 99.8 Å². The molecule has 0 saturated heterocycles. The summed E-state index contributed by atoms with van der Waals surface area (Å²) in [6, 6.07) is 10.8. The number of ether oxygens (including phenoxy) is 1. The molecule has 0 saturated carbocycles. The minimum Gasteiger partial charge on any atom is -0.497 e. The summed E-state index contributed by atoms with van der Waals surface area (Å²) >= 11 is 0.900. The Labute approximate surface area is 189 Å². The molecule has 2 heterocycles. The van der Waals surface area contributed by atoms with Gasteiger partial charge in [0, 0.05) is 6.07 Å². The SMILES string of the molecule is COc1ccc(Cn2nccc2NC(=O)CSc2nnnn2-c2ccc(F)c(F)c2F)cc1. The Morgan fingerprint density at radius 1 is 1.09 bits per heavy atom. The van der Waals surface area contributed by atoms with E-state index < -0.39 is 23.4 Å². The van der Waals surface area contributed by atoms with E-state index in [0.717, 1.165) is 39.9 Å². The molecule has 13 heteroatoms. The zero-order valence-corrected chi connectivity index (χ0v) is 17.9. The van der Waals surface area contributed by atoms with Crippen LogP contribution in [0.1, 0.15) is 5.56 Å². The zero-order valence-electron chi connectivity index (χ0n) is 17.1. The summed E-state index contributed by atoms with van der Waals surface area (Å²) in [6.07, 6.45) is 1.55. The Hall–Kier alpha value is -3.87. The molecule has 0 unspecified atom stereocenters. The Morgan fingerprint density at radius 2 is 1.88 bits per heavy atom. The van der Waals surface area contributed by atoms with Gasteiger partial charge in [0.2, 0.25) is 11.1 Å². The molecule has 0 atom stereocenters. The van der Waals surface area contributed by atoms with Crippen molar-refractivity contribution in [3.8, 4) is 11.4 Å². The van der Waals surface area contributed by atoms with E-state index in [4.69, 9.17) is 4.74 Å². The van der Waals surface area contributed by atoms with Crippen molar-refractivity contribution in [3.63, 3.8) is 0 Å². The first-order chi connectivity index (χ1) is 16.0. The average molecular weight is 475 g/mol. The molecule has 0 aliphatic rings. The molecule has 9 nitrogen and oxygen atoms in total. The summed E-state index contributed by atoms with van der Waals surface area (Å²) in [6.45, 7) is 0.424. The van der Waals surface area contributed by atoms with Crippen LogP contribution in [0.4, 0.5) is 19.0 Å². The largest absolute Gasteiger partial charge is 0.497 e. The summed E-state index contributed by atoms with van der Waals surface area (Å²) in [4.78, 5) is 12.5. The van der Waals surface area contributed by atoms with E-state index in [1.165, 1.54) is 0 Å². The van der Waals surface area contributed by atoms with Crippen LogP contribution in [-0.4, -0.2) is 48.8 Å². The second-order valence-electron chi connectivity index (χ2n) is 6.63. The summed E-state index contributed by atoms with van der Waals surface area (Å²) < 4.78 is 48.5. The zero-order chi connectivity index (χ0) is 23.4. The number of hydrogen-bond donors (Lipinski definition) is 1. The molecule has 1 N–H and O–H groups in total. The van der Waals surface area contributed by atoms with Gasteiger partial charge in [-0.25, -0.2) is 17.9 Å². The second kappa shape index (κ2) is 9.73. The van der Waals surface area contributed by atoms with Crippen molar-refractivity contribution < 1.29 is 22.7 Å². The van der Waals surface area contributed by atoms with Crippen LogP contribution in [0.25, 0.3) is 5.69 Å². The number of aromatic nitrogens is 6. The van der Waals surface area contributed by atoms with Gasteiger partial charge < -0.3 is 10.1 Å². The van der Waals surface area contributed by atoms with Crippen LogP contribution in [0.15, 0.2) is 53.8 Å². The monoisotopic (exact) mass is 475 g/mol. The predicted octanol–water partition coefficient (Wildman–Crippen LogP) is 3.06. The first-order valence-electron chi connectivity index (χ1n) is 9.46. The first-order valence-corrected chi connectivity index (χ1v) is 10.4. The van der Waals surface area contributed by atoms with Crippen molar-refractivity contribution in [2.75, 3.05) is 18.2 Å². The molecule has 4 aromatic rings. The molecule has 0 aliphatic carbocycles. The fourth-order valence-electron chi connectivity index (χ4n) is 2.88. The molecular formula is C20H16F3N7O2S. The lowest BCUT2D eigenvalue weighted by Crippen LogP contribution is -2.18. The number of hydrogen-bond acceptors (Lipinski definition) is 7. The average Bonchev–Trinajstić information content (AvgIpc) is 3.46. The summed E-state index contributed by atoms with van der Waals surface area (Å²) in [5.74, 6) is -3.71. The van der Waals surface area contributed by atoms with E-state index in [1.807, 2.05) is 24.3 Å². The molecule has 0 radical (unpaired) electrons. The summed E-state index contributed by atoms with van der Waals surface area (Å²) in [7, 11) is 1.58. The van der Waals surface area contributed by atoms with Gasteiger partial charge in [-0.1, -0.05) is 23.9 Å². The summed E-state index contributed by atoms with van der Waals surface area (Å²) in [5.41, 5.74) is 0.580. The van der Waals surface area contributed by atoms with Gasteiger partial charge in [-0.3, -0.25) is 4.79 Å². The highest BCUT2D eigenvalue weighted by molar-refractivity contribution is 7.99. The molecule has 0 fully saturated rings. The van der Waals surface area contributed by atoms with E-state index in [-0.39, 0.29) is 16.6 Å². The Balaban J connectivity index is 1.40. The Bertz CT molecular complexity index is 1280. The molecule has 170 valence electrons. The van der Waals surface area contributed by atoms with E-state index in [2.05, 4.69) is 25.9 Å². The van der Waals surface area contributed by atoms with Crippen molar-refractivity contribution in [3.05, 3.63) is 71.7 Å². The fourth-order valence-corrected chi connectivity index (χ4v) is 3.56. The number of halogens is 3. The van der Waals surface area contributed by atoms with Gasteiger partial charge >= 0.3 is 0 Å². The molecule has 2 aromatic carbocycles. The molecule has 1 amide bonds. The molecule has 0 aliphatic heterocycles. The number of tetrazole rings is 1. The van der Waals surface area contributed by atoms with E-state index in [1.54, 1.807) is 24.1 Å². The van der Waals surface area contributed by atoms with Crippen LogP contribution in [0.5, 0.6) is 5.75 Å². The smallest absolute Gasteiger partial charge is 0.235 e. The molecular weight excluding hydrogens is 459 g/mol. The lowest BCUT2D eigenvalue weighted by molar-refractivity contribution is -0.113. The Kier molecular flexibility index (Phi) is 6.58. The number of anilines is 1. The number of carbonyl (C=O) groups excluding carboxylic acids is 1. The first kappa shape index (κ1) is 22.3. The normalized spacial score (nSPS) is 10.9. The minimum absolute atomic E-state index is 0.0294. The highest BCUT2D eigenvalue weighted by Crippen LogP contribution is 2.23. The third-order valence-electron chi connectivity index (χ3n) is 4.49. The van der Waals surface area contributed by atoms with E-state index in [9.17, 15) is 18.0 Å². The van der Waals surface area contributed by atoms with Gasteiger partial charge in [-0.05, 0) is 40.3 Å². The lowest BCUT2D eigenvalue weighted by Gasteiger charge is -2.10. The van der Waals surface area contributed by atoms with Crippen LogP contribution < -0.4 is 10.1 Å². The highest BCUT2D eigenvalue weighted by Gasteiger charge is 2.19. The van der Waals surface area contributed by atoms with E-state index >= 15 is 0 Å². The maximum atomic E-state index is 14.1. The van der Waals surface area contributed by atoms with Gasteiger partial charge in [0.05, 0.1) is 25.6 Å². The van der Waals surface area contributed by atoms with Gasteiger partial charge in [0.25, 0.3) is 0 Å². The van der Waals surface area contributed by atoms with Crippen LogP contribution in [-0.2, 0) is 11.3 Å². The third kappa shape index (κ3) is 4.98. The van der Waals surface area contributed by atoms with Crippen LogP contribution in [0, 0.1) is 17.5 Å². The molecule has 0 spiro atoms. The number of carbonyl (C=O) groups is 1. The number of nitrogens with zero attached hydrogens (tertiary/aromatic N) is 6. The maximum absolute atomic E-state index is 14.1. The summed E-state index contributed by atoms with van der Waals surface area (Å²) in [5, 5.41) is 17.7. The van der Waals surface area contributed by atoms with Gasteiger partial charge in [0.1, 0.15) is 17.3 Å². The maximum Gasteiger partial charge on any atom is 0.235 e. The van der Waals surface area contributed by atoms with Crippen LogP contribution in [0.2, 0.25) is 0 Å². The number of amides is 1. The van der Waals surface area contributed by atoms with Gasteiger partial charge in [0.15, 0.2) is 17.5 Å². The third-order valence-corrected chi connectivity index (χ3v) is 5.41. The quantitative estimate of drug-likeness (QED) is 0.309. The van der Waals surface area contributed by atoms with Crippen molar-refractivity contribution in [2.24, 2.45) is 0 Å². The Morgan fingerprint density at radius 3 is 2.64 bits per heavy atom. The number of methoxy groups -OCH3 is 1. The van der Waals surface area contributed by atoms with Crippen molar-refractivity contribution >= 4 is 23.5 Å². The highest BCUT2D eigenvalue weighted by atomic mass is 32.2.